The van der Waals surface area contributed by atoms with Crippen molar-refractivity contribution in [1.29, 1.82) is 0 Å². The summed E-state index contributed by atoms with van der Waals surface area (Å²) in [4.78, 5) is 5.02. The largest absolute Gasteiger partial charge is 0.372 e. The highest BCUT2D eigenvalue weighted by Gasteiger charge is 2.26. The highest BCUT2D eigenvalue weighted by molar-refractivity contribution is 6.09. The molecular formula is C68H62N4O. The number of pyridine rings is 1. The van der Waals surface area contributed by atoms with E-state index in [1.165, 1.54) is 94.2 Å². The van der Waals surface area contributed by atoms with Crippen molar-refractivity contribution in [3.63, 3.8) is 0 Å². The van der Waals surface area contributed by atoms with Crippen LogP contribution in [0.2, 0.25) is 0 Å². The van der Waals surface area contributed by atoms with Crippen LogP contribution in [0.3, 0.4) is 0 Å². The van der Waals surface area contributed by atoms with E-state index in [1.807, 2.05) is 6.20 Å². The van der Waals surface area contributed by atoms with Gasteiger partial charge in [0.2, 0.25) is 0 Å². The maximum Gasteiger partial charge on any atom is 0.269 e. The first-order valence-corrected chi connectivity index (χ1v) is 25.8. The summed E-state index contributed by atoms with van der Waals surface area (Å²) < 4.78 is 12.8. The quantitative estimate of drug-likeness (QED) is 0.112. The van der Waals surface area contributed by atoms with Crippen molar-refractivity contribution in [1.82, 2.24) is 14.1 Å². The standard InChI is InChI=1S/C68H62N4O/c1-43-28-44(2)65(45(3)29-43)50-31-47(30-46-26-27-57-56-22-13-14-23-60(56)72(63(57)33-46)64-36-51-40-73-41-52(51)39-69-64)32-55(35-50)70-42-71(62-25-16-15-24-61(62)70)66-58(48-18-11-10-12-19-48)37-54(68(7,8)9)38-59(66)49-20-17-21-53(34-49)67(4,5)6/h10-29,31-39H,30,40-41H2,1-9H3. The minimum atomic E-state index is -0.0983. The average Bonchev–Trinajstić information content (AvgIpc) is 4.09. The normalized spacial score (nSPS) is 12.9. The molecule has 0 fully saturated rings. The third-order valence-corrected chi connectivity index (χ3v) is 15.0. The van der Waals surface area contributed by atoms with E-state index in [1.54, 1.807) is 0 Å². The Bertz CT molecular complexity index is 3940. The maximum absolute atomic E-state index is 5.82. The van der Waals surface area contributed by atoms with Gasteiger partial charge in [-0.05, 0) is 141 Å². The minimum absolute atomic E-state index is 0.0225. The van der Waals surface area contributed by atoms with Crippen molar-refractivity contribution >= 4 is 32.8 Å². The average molecular weight is 951 g/mol. The third-order valence-electron chi connectivity index (χ3n) is 15.0. The fraction of sp³-hybridized carbons (Fsp3) is 0.206. The Morgan fingerprint density at radius 3 is 1.99 bits per heavy atom. The molecule has 0 saturated heterocycles. The Morgan fingerprint density at radius 2 is 1.22 bits per heavy atom. The summed E-state index contributed by atoms with van der Waals surface area (Å²) in [5.74, 6) is 0.916. The number of nitrogens with zero attached hydrogens (tertiary/aromatic N) is 4. The highest BCUT2D eigenvalue weighted by Crippen LogP contribution is 2.41. The summed E-state index contributed by atoms with van der Waals surface area (Å²) in [6.07, 6.45) is 6.77. The molecule has 12 rings (SSSR count). The van der Waals surface area contributed by atoms with Crippen LogP contribution in [-0.4, -0.2) is 14.1 Å². The van der Waals surface area contributed by atoms with Crippen LogP contribution in [0, 0.1) is 27.1 Å². The van der Waals surface area contributed by atoms with E-state index >= 15 is 0 Å². The van der Waals surface area contributed by atoms with Crippen molar-refractivity contribution in [2.75, 3.05) is 0 Å². The zero-order chi connectivity index (χ0) is 50.3. The first-order chi connectivity index (χ1) is 35.2. The van der Waals surface area contributed by atoms with Gasteiger partial charge in [0, 0.05) is 22.5 Å². The van der Waals surface area contributed by atoms with E-state index < -0.39 is 0 Å². The van der Waals surface area contributed by atoms with Crippen molar-refractivity contribution in [2.45, 2.75) is 92.8 Å². The Labute approximate surface area is 430 Å². The molecule has 0 radical (unpaired) electrons. The van der Waals surface area contributed by atoms with E-state index in [0.29, 0.717) is 13.2 Å². The Hall–Kier alpha value is -7.86. The summed E-state index contributed by atoms with van der Waals surface area (Å²) in [7, 11) is 0. The number of benzene rings is 8. The molecule has 0 unspecified atom stereocenters. The van der Waals surface area contributed by atoms with Gasteiger partial charge in [-0.1, -0.05) is 187 Å². The van der Waals surface area contributed by atoms with Gasteiger partial charge in [0.05, 0.1) is 46.7 Å². The fourth-order valence-electron chi connectivity index (χ4n) is 11.4. The van der Waals surface area contributed by atoms with Crippen molar-refractivity contribution < 1.29 is 9.30 Å². The molecule has 5 heteroatoms. The summed E-state index contributed by atoms with van der Waals surface area (Å²) in [6.45, 7) is 21.8. The van der Waals surface area contributed by atoms with Crippen molar-refractivity contribution in [3.8, 4) is 50.6 Å². The second-order valence-electron chi connectivity index (χ2n) is 22.5. The zero-order valence-electron chi connectivity index (χ0n) is 43.6. The van der Waals surface area contributed by atoms with E-state index in [0.717, 1.165) is 45.7 Å². The SMILES string of the molecule is Cc1cc(C)c(-c2cc(Cc3ccc4c5ccccc5n(-c5cc6c(cn5)COC6)c4c3)cc(-n3[c-][n+](-c4c(-c5ccccc5)cc(C(C)(C)C)cc4-c4cccc(C(C)(C)C)c4)c4ccccc43)c2)c(C)c1. The predicted octanol–water partition coefficient (Wildman–Crippen LogP) is 16.3. The molecule has 0 spiro atoms. The van der Waals surface area contributed by atoms with E-state index in [4.69, 9.17) is 9.72 Å². The van der Waals surface area contributed by atoms with Crippen LogP contribution >= 0.6 is 0 Å². The van der Waals surface area contributed by atoms with Crippen LogP contribution in [0.4, 0.5) is 0 Å². The summed E-state index contributed by atoms with van der Waals surface area (Å²) in [6, 6.07) is 63.4. The van der Waals surface area contributed by atoms with Gasteiger partial charge >= 0.3 is 0 Å². The summed E-state index contributed by atoms with van der Waals surface area (Å²) >= 11 is 0. The monoisotopic (exact) mass is 950 g/mol. The van der Waals surface area contributed by atoms with Crippen LogP contribution in [0.5, 0.6) is 0 Å². The lowest BCUT2D eigenvalue weighted by Crippen LogP contribution is -2.32. The van der Waals surface area contributed by atoms with E-state index in [-0.39, 0.29) is 10.8 Å². The minimum Gasteiger partial charge on any atom is -0.372 e. The Balaban J connectivity index is 1.08. The second kappa shape index (κ2) is 17.7. The van der Waals surface area contributed by atoms with E-state index in [9.17, 15) is 0 Å². The van der Waals surface area contributed by atoms with Gasteiger partial charge in [0.1, 0.15) is 5.82 Å². The molecule has 73 heavy (non-hydrogen) atoms. The van der Waals surface area contributed by atoms with Crippen molar-refractivity contribution in [3.05, 3.63) is 232 Å². The predicted molar refractivity (Wildman–Crippen MR) is 301 cm³/mol. The molecule has 0 amide bonds. The van der Waals surface area contributed by atoms with Gasteiger partial charge in [-0.3, -0.25) is 13.7 Å². The molecular weight excluding hydrogens is 889 g/mol. The number of ether oxygens (including phenoxy) is 1. The van der Waals surface area contributed by atoms with Gasteiger partial charge in [-0.25, -0.2) is 4.98 Å². The maximum atomic E-state index is 5.82. The van der Waals surface area contributed by atoms with Crippen LogP contribution < -0.4 is 4.57 Å². The third kappa shape index (κ3) is 8.36. The molecule has 3 aromatic heterocycles. The van der Waals surface area contributed by atoms with Gasteiger partial charge in [-0.2, -0.15) is 0 Å². The van der Waals surface area contributed by atoms with Crippen molar-refractivity contribution in [2.24, 2.45) is 0 Å². The Kier molecular flexibility index (Phi) is 11.2. The molecule has 0 bridgehead atoms. The molecule has 360 valence electrons. The number of para-hydroxylation sites is 3. The number of fused-ring (bicyclic) bond motifs is 5. The fourth-order valence-corrected chi connectivity index (χ4v) is 11.4. The molecule has 0 N–H and O–H groups in total. The number of hydrogen-bond donors (Lipinski definition) is 0. The molecule has 1 aliphatic rings. The number of rotatable bonds is 8. The van der Waals surface area contributed by atoms with Crippen LogP contribution in [0.15, 0.2) is 176 Å². The van der Waals surface area contributed by atoms with Gasteiger partial charge in [0.15, 0.2) is 0 Å². The summed E-state index contributed by atoms with van der Waals surface area (Å²) in [5.41, 5.74) is 24.9. The van der Waals surface area contributed by atoms with Crippen LogP contribution in [0.25, 0.3) is 83.4 Å². The number of hydrogen-bond acceptors (Lipinski definition) is 2. The molecule has 11 aromatic rings. The first-order valence-electron chi connectivity index (χ1n) is 25.8. The second-order valence-corrected chi connectivity index (χ2v) is 22.5. The Morgan fingerprint density at radius 1 is 0.548 bits per heavy atom. The van der Waals surface area contributed by atoms with Gasteiger partial charge in [-0.15, -0.1) is 0 Å². The lowest BCUT2D eigenvalue weighted by atomic mass is 9.81. The number of aromatic nitrogens is 4. The smallest absolute Gasteiger partial charge is 0.269 e. The van der Waals surface area contributed by atoms with Gasteiger partial charge < -0.3 is 4.74 Å². The molecule has 5 nitrogen and oxygen atoms in total. The molecule has 0 saturated carbocycles. The van der Waals surface area contributed by atoms with Crippen LogP contribution in [-0.2, 0) is 35.2 Å². The molecule has 0 atom stereocenters. The lowest BCUT2D eigenvalue weighted by Gasteiger charge is -2.26. The molecule has 0 aliphatic carbocycles. The van der Waals surface area contributed by atoms with Gasteiger partial charge in [0.25, 0.3) is 6.33 Å². The first kappa shape index (κ1) is 46.2. The number of imidazole rings is 1. The molecule has 8 aromatic carbocycles. The highest BCUT2D eigenvalue weighted by atomic mass is 16.5. The molecule has 4 heterocycles. The number of aryl methyl sites for hydroxylation is 3. The topological polar surface area (TPSA) is 35.9 Å². The zero-order valence-corrected chi connectivity index (χ0v) is 43.6. The summed E-state index contributed by atoms with van der Waals surface area (Å²) in [5, 5.41) is 2.43. The van der Waals surface area contributed by atoms with E-state index in [2.05, 4.69) is 252 Å². The lowest BCUT2D eigenvalue weighted by molar-refractivity contribution is -0.571. The molecule has 1 aliphatic heterocycles. The van der Waals surface area contributed by atoms with Crippen LogP contribution in [0.1, 0.15) is 91.6 Å².